The third kappa shape index (κ3) is 8.98. The van der Waals surface area contributed by atoms with Crippen LogP contribution in [0.4, 0.5) is 5.69 Å². The fraction of sp³-hybridized carbons (Fsp3) is 0.422. The van der Waals surface area contributed by atoms with Crippen molar-refractivity contribution >= 4 is 40.3 Å². The third-order valence-corrected chi connectivity index (χ3v) is 11.4. The zero-order valence-corrected chi connectivity index (χ0v) is 35.2. The second-order valence-electron chi connectivity index (χ2n) is 15.7. The molecule has 0 spiro atoms. The van der Waals surface area contributed by atoms with Crippen LogP contribution in [-0.2, 0) is 30.3 Å². The molecule has 15 heteroatoms. The standard InChI is InChI=1S/C45H55N3O12/c1-22-14-13-15-23(2)44(56)48-35-30(21-47-46-20-29-16-11-10-12-17-29)39(53)32-33(40(35)54)38(52)27(6)42-34(32)43(55)45(8,60-42)58-19-18-31(57-9)24(3)41(59-28(7)49)26(5)37(51)25(4)36(22)50/h10-19,21-22,24-26,31,36-37,41,46,50-54H,20H2,1-9H3,(H,48,56)/b14-13+,19-18+,23-15?,47-21-. The highest BCUT2D eigenvalue weighted by Crippen LogP contribution is 2.55. The van der Waals surface area contributed by atoms with Gasteiger partial charge in [0.05, 0.1) is 59.5 Å². The van der Waals surface area contributed by atoms with Gasteiger partial charge in [-0.1, -0.05) is 76.3 Å². The van der Waals surface area contributed by atoms with E-state index >= 15 is 0 Å². The molecule has 9 unspecified atom stereocenters. The summed E-state index contributed by atoms with van der Waals surface area (Å²) in [6.45, 7) is 12.7. The van der Waals surface area contributed by atoms with Crippen LogP contribution in [0.2, 0.25) is 0 Å². The number of hydrogen-bond acceptors (Lipinski definition) is 14. The van der Waals surface area contributed by atoms with Crippen LogP contribution in [0.25, 0.3) is 10.8 Å². The average Bonchev–Trinajstić information content (AvgIpc) is 3.48. The van der Waals surface area contributed by atoms with Gasteiger partial charge >= 0.3 is 11.8 Å². The molecular weight excluding hydrogens is 775 g/mol. The van der Waals surface area contributed by atoms with Crippen LogP contribution < -0.4 is 15.5 Å². The van der Waals surface area contributed by atoms with E-state index < -0.39 is 88.8 Å². The molecule has 0 saturated carbocycles. The lowest BCUT2D eigenvalue weighted by atomic mass is 9.78. The van der Waals surface area contributed by atoms with Crippen molar-refractivity contribution < 1.29 is 58.9 Å². The SMILES string of the molecule is COC1/C=C/OC2(C)Oc3c(C)c(O)c4c(O)c(c(/C=N\NCc5ccccc5)c(O)c4c3C2=O)NC(=O)C(C)=C/C=C/C(C)C(O)C(C)C(O)C(C)C(OC(C)=O)C1C. The van der Waals surface area contributed by atoms with Gasteiger partial charge in [0.2, 0.25) is 0 Å². The first-order valence-electron chi connectivity index (χ1n) is 19.7. The first-order chi connectivity index (χ1) is 28.3. The number of ketones is 1. The van der Waals surface area contributed by atoms with Gasteiger partial charge in [-0.2, -0.15) is 5.10 Å². The fourth-order valence-electron chi connectivity index (χ4n) is 7.72. The Labute approximate surface area is 349 Å². The van der Waals surface area contributed by atoms with Crippen molar-refractivity contribution in [2.45, 2.75) is 92.1 Å². The van der Waals surface area contributed by atoms with Crippen LogP contribution in [0.1, 0.15) is 75.5 Å². The number of anilines is 1. The molecule has 0 saturated heterocycles. The number of nitrogens with one attached hydrogen (secondary N) is 2. The average molecular weight is 830 g/mol. The van der Waals surface area contributed by atoms with Gasteiger partial charge in [-0.05, 0) is 25.5 Å². The number of fused-ring (bicyclic) bond motifs is 14. The topological polar surface area (TPSA) is 226 Å². The number of allylic oxidation sites excluding steroid dienone is 2. The van der Waals surface area contributed by atoms with Crippen molar-refractivity contribution in [1.29, 1.82) is 0 Å². The van der Waals surface area contributed by atoms with Crippen LogP contribution >= 0.6 is 0 Å². The van der Waals surface area contributed by atoms with Crippen molar-refractivity contribution in [3.05, 3.63) is 88.7 Å². The van der Waals surface area contributed by atoms with Crippen molar-refractivity contribution in [2.24, 2.45) is 28.8 Å². The van der Waals surface area contributed by atoms with E-state index in [4.69, 9.17) is 18.9 Å². The molecule has 15 nitrogen and oxygen atoms in total. The first kappa shape index (κ1) is 45.2. The number of hydrazone groups is 1. The Bertz CT molecular complexity index is 2240. The summed E-state index contributed by atoms with van der Waals surface area (Å²) in [5, 5.41) is 64.6. The van der Waals surface area contributed by atoms with Crippen LogP contribution in [0, 0.1) is 30.6 Å². The number of phenolic OH excluding ortho intramolecular Hbond substituents is 3. The smallest absolute Gasteiger partial charge is 0.312 e. The van der Waals surface area contributed by atoms with Crippen molar-refractivity contribution in [2.75, 3.05) is 12.4 Å². The number of carbonyl (C=O) groups is 3. The Morgan fingerprint density at radius 3 is 2.28 bits per heavy atom. The van der Waals surface area contributed by atoms with Crippen molar-refractivity contribution in [1.82, 2.24) is 5.43 Å². The van der Waals surface area contributed by atoms with E-state index in [1.807, 2.05) is 30.3 Å². The maximum atomic E-state index is 14.4. The molecule has 0 aliphatic carbocycles. The van der Waals surface area contributed by atoms with Gasteiger partial charge in [-0.25, -0.2) is 0 Å². The highest BCUT2D eigenvalue weighted by molar-refractivity contribution is 6.23. The molecule has 3 heterocycles. The number of aliphatic hydroxyl groups excluding tert-OH is 2. The Morgan fingerprint density at radius 1 is 0.950 bits per heavy atom. The third-order valence-electron chi connectivity index (χ3n) is 11.4. The van der Waals surface area contributed by atoms with E-state index in [1.165, 1.54) is 59.4 Å². The van der Waals surface area contributed by atoms with E-state index in [0.717, 1.165) is 5.56 Å². The lowest BCUT2D eigenvalue weighted by Crippen LogP contribution is -2.46. The molecule has 7 N–H and O–H groups in total. The van der Waals surface area contributed by atoms with Gasteiger partial charge in [0.25, 0.3) is 11.7 Å². The largest absolute Gasteiger partial charge is 0.507 e. The van der Waals surface area contributed by atoms with E-state index in [1.54, 1.807) is 39.8 Å². The molecule has 9 atom stereocenters. The van der Waals surface area contributed by atoms with E-state index in [-0.39, 0.29) is 51.0 Å². The quantitative estimate of drug-likeness (QED) is 0.0508. The number of Topliss-reactive ketones (excluding diaryl/α,β-unsaturated/α-hetero) is 1. The van der Waals surface area contributed by atoms with Gasteiger partial charge in [-0.15, -0.1) is 0 Å². The van der Waals surface area contributed by atoms with Crippen LogP contribution in [-0.4, -0.2) is 86.7 Å². The number of methoxy groups -OCH3 is 1. The number of rotatable bonds is 6. The molecule has 1 amide bonds. The Kier molecular flexibility index (Phi) is 14.0. The minimum absolute atomic E-state index is 0.0394. The fourth-order valence-corrected chi connectivity index (χ4v) is 7.72. The first-order valence-corrected chi connectivity index (χ1v) is 19.7. The summed E-state index contributed by atoms with van der Waals surface area (Å²) in [5.74, 6) is -8.56. The summed E-state index contributed by atoms with van der Waals surface area (Å²) in [4.78, 5) is 40.5. The molecule has 3 aliphatic heterocycles. The predicted molar refractivity (Wildman–Crippen MR) is 225 cm³/mol. The second kappa shape index (κ2) is 18.6. The minimum atomic E-state index is -2.06. The summed E-state index contributed by atoms with van der Waals surface area (Å²) >= 11 is 0. The molecular formula is C45H55N3O12. The highest BCUT2D eigenvalue weighted by Gasteiger charge is 2.50. The summed E-state index contributed by atoms with van der Waals surface area (Å²) in [6, 6.07) is 9.34. The molecule has 3 aliphatic rings. The van der Waals surface area contributed by atoms with Gasteiger partial charge < -0.3 is 55.2 Å². The molecule has 0 aromatic heterocycles. The summed E-state index contributed by atoms with van der Waals surface area (Å²) in [7, 11) is 1.43. The van der Waals surface area contributed by atoms with Gasteiger partial charge in [-0.3, -0.25) is 14.4 Å². The molecule has 3 aromatic carbocycles. The molecule has 0 fully saturated rings. The number of benzene rings is 3. The molecule has 5 bridgehead atoms. The monoisotopic (exact) mass is 829 g/mol. The minimum Gasteiger partial charge on any atom is -0.507 e. The summed E-state index contributed by atoms with van der Waals surface area (Å²) in [6.07, 6.45) is 4.65. The summed E-state index contributed by atoms with van der Waals surface area (Å²) < 4.78 is 23.6. The zero-order valence-electron chi connectivity index (χ0n) is 35.2. The number of nitrogens with zero attached hydrogens (tertiary/aromatic N) is 1. The van der Waals surface area contributed by atoms with Gasteiger partial charge in [0.1, 0.15) is 23.4 Å². The predicted octanol–water partition coefficient (Wildman–Crippen LogP) is 5.88. The zero-order chi connectivity index (χ0) is 44.2. The number of amides is 1. The Hall–Kier alpha value is -5.90. The maximum Gasteiger partial charge on any atom is 0.312 e. The number of phenols is 3. The maximum absolute atomic E-state index is 14.4. The van der Waals surface area contributed by atoms with E-state index in [9.17, 15) is 39.9 Å². The van der Waals surface area contributed by atoms with Crippen LogP contribution in [0.15, 0.2) is 71.6 Å². The molecule has 60 heavy (non-hydrogen) atoms. The number of hydrogen-bond donors (Lipinski definition) is 7. The van der Waals surface area contributed by atoms with Crippen molar-refractivity contribution in [3.8, 4) is 23.0 Å². The number of carbonyl (C=O) groups excluding carboxylic acids is 3. The van der Waals surface area contributed by atoms with Crippen LogP contribution in [0.3, 0.4) is 0 Å². The second-order valence-corrected chi connectivity index (χ2v) is 15.7. The Balaban J connectivity index is 1.69. The number of ether oxygens (including phenoxy) is 4. The normalized spacial score (nSPS) is 28.8. The number of esters is 1. The molecule has 322 valence electrons. The number of aromatic hydroxyl groups is 3. The molecule has 6 rings (SSSR count). The van der Waals surface area contributed by atoms with E-state index in [2.05, 4.69) is 15.8 Å². The lowest BCUT2D eigenvalue weighted by Gasteiger charge is -2.38. The lowest BCUT2D eigenvalue weighted by molar-refractivity contribution is -0.160. The molecule has 3 aromatic rings. The van der Waals surface area contributed by atoms with Gasteiger partial charge in [0, 0.05) is 61.2 Å². The highest BCUT2D eigenvalue weighted by atomic mass is 16.7. The molecule has 0 radical (unpaired) electrons. The van der Waals surface area contributed by atoms with E-state index in [0.29, 0.717) is 0 Å². The number of aliphatic hydroxyl groups is 2. The van der Waals surface area contributed by atoms with Gasteiger partial charge in [0.15, 0.2) is 5.75 Å². The summed E-state index contributed by atoms with van der Waals surface area (Å²) in [5.41, 5.74) is 3.25. The van der Waals surface area contributed by atoms with Crippen molar-refractivity contribution in [3.63, 3.8) is 0 Å². The van der Waals surface area contributed by atoms with Crippen LogP contribution in [0.5, 0.6) is 23.0 Å². The Morgan fingerprint density at radius 2 is 1.63 bits per heavy atom.